The number of benzene rings is 1. The van der Waals surface area contributed by atoms with E-state index in [9.17, 15) is 10.1 Å². The minimum Gasteiger partial charge on any atom is -0.378 e. The summed E-state index contributed by atoms with van der Waals surface area (Å²) < 4.78 is 5.24. The van der Waals surface area contributed by atoms with Gasteiger partial charge in [0.1, 0.15) is 11.6 Å². The fourth-order valence-corrected chi connectivity index (χ4v) is 3.07. The van der Waals surface area contributed by atoms with E-state index in [0.717, 1.165) is 31.9 Å². The maximum atomic E-state index is 12.4. The maximum Gasteiger partial charge on any atom is 0.266 e. The Labute approximate surface area is 154 Å². The van der Waals surface area contributed by atoms with E-state index < -0.39 is 0 Å². The Hall–Kier alpha value is -2.56. The van der Waals surface area contributed by atoms with Gasteiger partial charge in [-0.2, -0.15) is 5.26 Å². The summed E-state index contributed by atoms with van der Waals surface area (Å²) in [6, 6.07) is 10.1. The van der Waals surface area contributed by atoms with E-state index in [4.69, 9.17) is 4.74 Å². The number of anilines is 2. The second-order valence-corrected chi connectivity index (χ2v) is 6.56. The largest absolute Gasteiger partial charge is 0.378 e. The van der Waals surface area contributed by atoms with Gasteiger partial charge in [-0.15, -0.1) is 0 Å². The summed E-state index contributed by atoms with van der Waals surface area (Å²) in [6.07, 6.45) is 1.49. The lowest BCUT2D eigenvalue weighted by molar-refractivity contribution is -0.130. The third-order valence-corrected chi connectivity index (χ3v) is 4.77. The van der Waals surface area contributed by atoms with Crippen molar-refractivity contribution in [2.75, 3.05) is 69.7 Å². The van der Waals surface area contributed by atoms with Crippen LogP contribution in [-0.4, -0.2) is 75.2 Å². The van der Waals surface area contributed by atoms with Gasteiger partial charge in [0.2, 0.25) is 0 Å². The number of piperazine rings is 1. The first-order valence-corrected chi connectivity index (χ1v) is 8.95. The van der Waals surface area contributed by atoms with Crippen molar-refractivity contribution in [2.24, 2.45) is 0 Å². The summed E-state index contributed by atoms with van der Waals surface area (Å²) in [4.78, 5) is 18.7. The Morgan fingerprint density at radius 3 is 2.38 bits per heavy atom. The third-order valence-electron chi connectivity index (χ3n) is 4.77. The zero-order valence-electron chi connectivity index (χ0n) is 15.1. The monoisotopic (exact) mass is 355 g/mol. The van der Waals surface area contributed by atoms with E-state index in [1.807, 2.05) is 18.2 Å². The molecule has 138 valence electrons. The lowest BCUT2D eigenvalue weighted by Gasteiger charge is -2.34. The van der Waals surface area contributed by atoms with Crippen LogP contribution in [0.25, 0.3) is 0 Å². The predicted octanol–water partition coefficient (Wildman–Crippen LogP) is 1.12. The van der Waals surface area contributed by atoms with Crippen LogP contribution >= 0.6 is 0 Å². The van der Waals surface area contributed by atoms with E-state index in [1.165, 1.54) is 11.9 Å². The first-order valence-electron chi connectivity index (χ1n) is 8.95. The number of likely N-dealkylation sites (N-methyl/N-ethyl adjacent to an activating group) is 1. The molecule has 0 aliphatic carbocycles. The number of rotatable bonds is 4. The van der Waals surface area contributed by atoms with Crippen LogP contribution < -0.4 is 10.2 Å². The smallest absolute Gasteiger partial charge is 0.266 e. The minimum absolute atomic E-state index is 0.107. The number of hydrogen-bond acceptors (Lipinski definition) is 6. The van der Waals surface area contributed by atoms with Crippen LogP contribution in [0.4, 0.5) is 11.4 Å². The van der Waals surface area contributed by atoms with E-state index in [-0.39, 0.29) is 11.5 Å². The number of nitrogens with one attached hydrogen (secondary N) is 1. The molecule has 1 aromatic carbocycles. The molecule has 2 heterocycles. The van der Waals surface area contributed by atoms with Crippen LogP contribution in [0.2, 0.25) is 0 Å². The van der Waals surface area contributed by atoms with Gasteiger partial charge >= 0.3 is 0 Å². The molecule has 2 aliphatic heterocycles. The molecule has 0 radical (unpaired) electrons. The van der Waals surface area contributed by atoms with Gasteiger partial charge in [0.25, 0.3) is 5.91 Å². The molecule has 1 aromatic rings. The van der Waals surface area contributed by atoms with E-state index in [0.29, 0.717) is 26.3 Å². The lowest BCUT2D eigenvalue weighted by Crippen LogP contribution is -2.44. The van der Waals surface area contributed by atoms with Crippen LogP contribution in [-0.2, 0) is 9.53 Å². The summed E-state index contributed by atoms with van der Waals surface area (Å²) in [6.45, 7) is 6.27. The van der Waals surface area contributed by atoms with Crippen LogP contribution in [0, 0.1) is 11.3 Å². The molecule has 0 saturated carbocycles. The summed E-state index contributed by atoms with van der Waals surface area (Å²) >= 11 is 0. The first-order chi connectivity index (χ1) is 12.7. The average molecular weight is 355 g/mol. The maximum absolute atomic E-state index is 12.4. The molecule has 7 nitrogen and oxygen atoms in total. The van der Waals surface area contributed by atoms with Crippen LogP contribution in [0.5, 0.6) is 0 Å². The highest BCUT2D eigenvalue weighted by Crippen LogP contribution is 2.19. The Balaban J connectivity index is 1.59. The Morgan fingerprint density at radius 2 is 1.77 bits per heavy atom. The van der Waals surface area contributed by atoms with Gasteiger partial charge < -0.3 is 24.8 Å². The van der Waals surface area contributed by atoms with Crippen molar-refractivity contribution in [2.45, 2.75) is 0 Å². The lowest BCUT2D eigenvalue weighted by atomic mass is 10.2. The number of nitrogens with zero attached hydrogens (tertiary/aromatic N) is 4. The summed E-state index contributed by atoms with van der Waals surface area (Å²) in [5.74, 6) is -0.252. The van der Waals surface area contributed by atoms with E-state index >= 15 is 0 Å². The fraction of sp³-hybridized carbons (Fsp3) is 0.474. The van der Waals surface area contributed by atoms with Crippen molar-refractivity contribution in [3.05, 3.63) is 36.0 Å². The standard InChI is InChI=1S/C19H25N5O2/c1-22-6-8-23(9-7-22)18-4-2-17(3-5-18)21-15-16(14-20)19(25)24-10-12-26-13-11-24/h2-5,15,21H,6-13H2,1H3/b16-15-. The molecular weight excluding hydrogens is 330 g/mol. The van der Waals surface area contributed by atoms with E-state index in [1.54, 1.807) is 4.90 Å². The molecule has 1 N–H and O–H groups in total. The van der Waals surface area contributed by atoms with Gasteiger partial charge in [-0.3, -0.25) is 4.79 Å². The highest BCUT2D eigenvalue weighted by atomic mass is 16.5. The topological polar surface area (TPSA) is 71.8 Å². The number of carbonyl (C=O) groups excluding carboxylic acids is 1. The molecule has 0 aromatic heterocycles. The van der Waals surface area contributed by atoms with Crippen molar-refractivity contribution >= 4 is 17.3 Å². The second-order valence-electron chi connectivity index (χ2n) is 6.56. The summed E-state index contributed by atoms with van der Waals surface area (Å²) in [5, 5.41) is 12.4. The fourth-order valence-electron chi connectivity index (χ4n) is 3.07. The van der Waals surface area contributed by atoms with Crippen molar-refractivity contribution < 1.29 is 9.53 Å². The molecule has 0 atom stereocenters. The van der Waals surface area contributed by atoms with Crippen LogP contribution in [0.1, 0.15) is 0 Å². The molecule has 26 heavy (non-hydrogen) atoms. The van der Waals surface area contributed by atoms with Gasteiger partial charge in [-0.1, -0.05) is 0 Å². The Bertz CT molecular complexity index is 681. The number of amides is 1. The average Bonchev–Trinajstić information content (AvgIpc) is 2.70. The molecule has 2 fully saturated rings. The van der Waals surface area contributed by atoms with Gasteiger partial charge in [0, 0.05) is 56.8 Å². The van der Waals surface area contributed by atoms with Gasteiger partial charge in [0.15, 0.2) is 0 Å². The molecule has 2 aliphatic rings. The number of ether oxygens (including phenoxy) is 1. The Morgan fingerprint density at radius 1 is 1.12 bits per heavy atom. The SMILES string of the molecule is CN1CCN(c2ccc(N/C=C(/C#N)C(=O)N3CCOCC3)cc2)CC1. The molecule has 0 bridgehead atoms. The first kappa shape index (κ1) is 18.2. The molecule has 1 amide bonds. The van der Waals surface area contributed by atoms with Crippen LogP contribution in [0.3, 0.4) is 0 Å². The summed E-state index contributed by atoms with van der Waals surface area (Å²) in [5.41, 5.74) is 2.15. The van der Waals surface area contributed by atoms with Crippen molar-refractivity contribution in [1.29, 1.82) is 5.26 Å². The van der Waals surface area contributed by atoms with Gasteiger partial charge in [-0.25, -0.2) is 0 Å². The molecule has 0 spiro atoms. The zero-order valence-corrected chi connectivity index (χ0v) is 15.1. The molecule has 7 heteroatoms. The third kappa shape index (κ3) is 4.54. The highest BCUT2D eigenvalue weighted by molar-refractivity contribution is 5.97. The van der Waals surface area contributed by atoms with Crippen LogP contribution in [0.15, 0.2) is 36.0 Å². The van der Waals surface area contributed by atoms with E-state index in [2.05, 4.69) is 34.3 Å². The number of morpholine rings is 1. The molecular formula is C19H25N5O2. The number of carbonyl (C=O) groups is 1. The van der Waals surface area contributed by atoms with Gasteiger partial charge in [-0.05, 0) is 31.3 Å². The Kier molecular flexibility index (Phi) is 6.10. The zero-order chi connectivity index (χ0) is 18.4. The number of nitriles is 1. The van der Waals surface area contributed by atoms with Crippen molar-refractivity contribution in [3.8, 4) is 6.07 Å². The predicted molar refractivity (Wildman–Crippen MR) is 101 cm³/mol. The molecule has 2 saturated heterocycles. The number of hydrogen-bond donors (Lipinski definition) is 1. The van der Waals surface area contributed by atoms with Crippen molar-refractivity contribution in [3.63, 3.8) is 0 Å². The van der Waals surface area contributed by atoms with Crippen molar-refractivity contribution in [1.82, 2.24) is 9.80 Å². The molecule has 0 unspecified atom stereocenters. The van der Waals surface area contributed by atoms with Gasteiger partial charge in [0.05, 0.1) is 13.2 Å². The normalized spacial score (nSPS) is 19.2. The second kappa shape index (κ2) is 8.70. The summed E-state index contributed by atoms with van der Waals surface area (Å²) in [7, 11) is 2.14. The minimum atomic E-state index is -0.252. The molecule has 3 rings (SSSR count). The quantitative estimate of drug-likeness (QED) is 0.645. The highest BCUT2D eigenvalue weighted by Gasteiger charge is 2.20.